The minimum absolute atomic E-state index is 0. The van der Waals surface area contributed by atoms with Crippen molar-refractivity contribution in [3.05, 3.63) is 54.1 Å². The third kappa shape index (κ3) is 3.09. The molecule has 0 spiro atoms. The van der Waals surface area contributed by atoms with Crippen LogP contribution in [0.25, 0.3) is 5.57 Å². The third-order valence-electron chi connectivity index (χ3n) is 2.26. The zero-order valence-corrected chi connectivity index (χ0v) is 8.72. The Labute approximate surface area is 101 Å². The molecule has 3 heteroatoms. The van der Waals surface area contributed by atoms with Gasteiger partial charge in [-0.3, -0.25) is 0 Å². The number of benzene rings is 1. The monoisotopic (exact) mass is 195 g/mol. The Morgan fingerprint density at radius 1 is 1.07 bits per heavy atom. The van der Waals surface area contributed by atoms with E-state index in [1.54, 1.807) is 6.08 Å². The number of hydrogen-bond acceptors (Lipinski definition) is 2. The van der Waals surface area contributed by atoms with Crippen molar-refractivity contribution in [3.8, 4) is 0 Å². The third-order valence-corrected chi connectivity index (χ3v) is 2.26. The van der Waals surface area contributed by atoms with Gasteiger partial charge in [-0.25, -0.2) is 0 Å². The van der Waals surface area contributed by atoms with Gasteiger partial charge in [-0.05, 0) is 17.2 Å². The molecule has 0 atom stereocenters. The van der Waals surface area contributed by atoms with Gasteiger partial charge in [-0.15, -0.1) is 0 Å². The zero-order chi connectivity index (χ0) is 10.0. The molecule has 1 radical (unpaired) electrons. The smallest absolute Gasteiger partial charge is 0.186 e. The van der Waals surface area contributed by atoms with Gasteiger partial charge in [0.15, 0.2) is 5.79 Å². The van der Waals surface area contributed by atoms with E-state index in [1.807, 2.05) is 36.4 Å². The van der Waals surface area contributed by atoms with Crippen LogP contribution in [-0.4, -0.2) is 34.9 Å². The maximum atomic E-state index is 9.26. The summed E-state index contributed by atoms with van der Waals surface area (Å²) in [4.78, 5) is 0. The van der Waals surface area contributed by atoms with E-state index in [0.29, 0.717) is 0 Å². The standard InChI is InChI=1S/C12H12O2.Li/c13-12(14)8-6-11(7-9-12)10-4-2-1-3-5-10;/h1-8,13-14H,9H2;. The molecule has 0 saturated carbocycles. The van der Waals surface area contributed by atoms with Crippen LogP contribution < -0.4 is 0 Å². The van der Waals surface area contributed by atoms with E-state index < -0.39 is 5.79 Å². The van der Waals surface area contributed by atoms with Crippen LogP contribution in [0.1, 0.15) is 12.0 Å². The SMILES string of the molecule is OC1(O)C=CC(c2ccccc2)=CC1.[Li]. The summed E-state index contributed by atoms with van der Waals surface area (Å²) in [5, 5.41) is 18.5. The number of hydrogen-bond donors (Lipinski definition) is 2. The summed E-state index contributed by atoms with van der Waals surface area (Å²) in [5.41, 5.74) is 2.13. The van der Waals surface area contributed by atoms with E-state index in [1.165, 1.54) is 6.08 Å². The molecular weight excluding hydrogens is 183 g/mol. The van der Waals surface area contributed by atoms with E-state index in [-0.39, 0.29) is 25.3 Å². The Morgan fingerprint density at radius 3 is 2.27 bits per heavy atom. The van der Waals surface area contributed by atoms with Gasteiger partial charge in [0.25, 0.3) is 0 Å². The second-order valence-electron chi connectivity index (χ2n) is 3.44. The van der Waals surface area contributed by atoms with Gasteiger partial charge < -0.3 is 10.2 Å². The van der Waals surface area contributed by atoms with Gasteiger partial charge in [0, 0.05) is 25.3 Å². The first-order valence-electron chi connectivity index (χ1n) is 4.57. The molecule has 1 aromatic carbocycles. The minimum Gasteiger partial charge on any atom is -0.362 e. The molecule has 1 aliphatic carbocycles. The maximum absolute atomic E-state index is 9.26. The van der Waals surface area contributed by atoms with Crippen molar-refractivity contribution in [2.75, 3.05) is 0 Å². The summed E-state index contributed by atoms with van der Waals surface area (Å²) in [6, 6.07) is 9.88. The van der Waals surface area contributed by atoms with E-state index in [9.17, 15) is 10.2 Å². The van der Waals surface area contributed by atoms with Crippen molar-refractivity contribution in [1.29, 1.82) is 0 Å². The Balaban J connectivity index is 0.00000112. The normalized spacial score (nSPS) is 17.9. The average Bonchev–Trinajstić information content (AvgIpc) is 2.19. The van der Waals surface area contributed by atoms with Crippen LogP contribution in [0.3, 0.4) is 0 Å². The van der Waals surface area contributed by atoms with Crippen LogP contribution in [0.2, 0.25) is 0 Å². The topological polar surface area (TPSA) is 40.5 Å². The van der Waals surface area contributed by atoms with Crippen molar-refractivity contribution in [2.45, 2.75) is 12.2 Å². The van der Waals surface area contributed by atoms with Gasteiger partial charge in [-0.2, -0.15) is 0 Å². The summed E-state index contributed by atoms with van der Waals surface area (Å²) in [6.45, 7) is 0. The van der Waals surface area contributed by atoms with E-state index in [4.69, 9.17) is 0 Å². The molecule has 2 nitrogen and oxygen atoms in total. The first-order chi connectivity index (χ1) is 6.67. The largest absolute Gasteiger partial charge is 0.362 e. The molecule has 0 saturated heterocycles. The van der Waals surface area contributed by atoms with E-state index in [2.05, 4.69) is 0 Å². The molecule has 2 N–H and O–H groups in total. The summed E-state index contributed by atoms with van der Waals surface area (Å²) < 4.78 is 0. The number of allylic oxidation sites excluding steroid dienone is 2. The quantitative estimate of drug-likeness (QED) is 0.524. The molecule has 1 aromatic rings. The van der Waals surface area contributed by atoms with Gasteiger partial charge in [0.1, 0.15) is 0 Å². The fourth-order valence-electron chi connectivity index (χ4n) is 1.46. The second-order valence-corrected chi connectivity index (χ2v) is 3.44. The molecule has 15 heavy (non-hydrogen) atoms. The summed E-state index contributed by atoms with van der Waals surface area (Å²) in [7, 11) is 0. The van der Waals surface area contributed by atoms with E-state index in [0.717, 1.165) is 11.1 Å². The van der Waals surface area contributed by atoms with Crippen molar-refractivity contribution >= 4 is 24.4 Å². The van der Waals surface area contributed by atoms with Crippen molar-refractivity contribution < 1.29 is 10.2 Å². The van der Waals surface area contributed by atoms with Gasteiger partial charge in [0.05, 0.1) is 0 Å². The fraction of sp³-hybridized carbons (Fsp3) is 0.167. The Bertz CT molecular complexity index is 380. The molecule has 0 aliphatic heterocycles. The predicted molar refractivity (Wildman–Crippen MR) is 61.1 cm³/mol. The fourth-order valence-corrected chi connectivity index (χ4v) is 1.46. The first kappa shape index (κ1) is 12.3. The van der Waals surface area contributed by atoms with Crippen molar-refractivity contribution in [2.24, 2.45) is 0 Å². The minimum atomic E-state index is -1.67. The zero-order valence-electron chi connectivity index (χ0n) is 8.72. The molecule has 0 aromatic heterocycles. The molecule has 1 aliphatic rings. The van der Waals surface area contributed by atoms with Crippen LogP contribution in [-0.2, 0) is 0 Å². The van der Waals surface area contributed by atoms with Crippen LogP contribution in [0.15, 0.2) is 48.6 Å². The Morgan fingerprint density at radius 2 is 1.73 bits per heavy atom. The predicted octanol–water partition coefficient (Wildman–Crippen LogP) is 1.33. The first-order valence-corrected chi connectivity index (χ1v) is 4.57. The van der Waals surface area contributed by atoms with Crippen LogP contribution in [0.5, 0.6) is 0 Å². The number of aliphatic hydroxyl groups is 2. The molecule has 2 rings (SSSR count). The van der Waals surface area contributed by atoms with Gasteiger partial charge in [0.2, 0.25) is 0 Å². The molecular formula is C12H12LiO2. The molecule has 73 valence electrons. The van der Waals surface area contributed by atoms with Crippen LogP contribution >= 0.6 is 0 Å². The average molecular weight is 195 g/mol. The Kier molecular flexibility index (Phi) is 3.95. The van der Waals surface area contributed by atoms with Crippen LogP contribution in [0, 0.1) is 0 Å². The second kappa shape index (κ2) is 4.83. The molecule has 0 amide bonds. The van der Waals surface area contributed by atoms with Crippen molar-refractivity contribution in [1.82, 2.24) is 0 Å². The summed E-state index contributed by atoms with van der Waals surface area (Å²) in [5.74, 6) is -1.67. The molecule has 0 bridgehead atoms. The summed E-state index contributed by atoms with van der Waals surface area (Å²) >= 11 is 0. The van der Waals surface area contributed by atoms with Crippen LogP contribution in [0.4, 0.5) is 0 Å². The van der Waals surface area contributed by atoms with Gasteiger partial charge in [-0.1, -0.05) is 42.5 Å². The maximum Gasteiger partial charge on any atom is 0.186 e. The molecule has 0 unspecified atom stereocenters. The van der Waals surface area contributed by atoms with Gasteiger partial charge >= 0.3 is 0 Å². The van der Waals surface area contributed by atoms with Crippen molar-refractivity contribution in [3.63, 3.8) is 0 Å². The molecule has 0 fully saturated rings. The number of rotatable bonds is 1. The Hall–Kier alpha value is -0.783. The summed E-state index contributed by atoms with van der Waals surface area (Å²) in [6.07, 6.45) is 5.22. The molecule has 0 heterocycles. The van der Waals surface area contributed by atoms with E-state index >= 15 is 0 Å².